The maximum absolute atomic E-state index is 12.2. The Morgan fingerprint density at radius 1 is 0.976 bits per heavy atom. The molecule has 5 aromatic rings. The fraction of sp³-hybridized carbons (Fsp3) is 0.355. The Hall–Kier alpha value is -4.28. The minimum Gasteiger partial charge on any atom is -0.465 e. The molecule has 2 fully saturated rings. The van der Waals surface area contributed by atoms with Crippen LogP contribution in [-0.4, -0.2) is 81.0 Å². The average molecular weight is 552 g/mol. The van der Waals surface area contributed by atoms with Gasteiger partial charge >= 0.3 is 5.97 Å². The number of benzene rings is 2. The van der Waals surface area contributed by atoms with Gasteiger partial charge in [0.25, 0.3) is 0 Å². The first-order chi connectivity index (χ1) is 20.1. The lowest BCUT2D eigenvalue weighted by atomic mass is 10.1. The van der Waals surface area contributed by atoms with E-state index in [0.717, 1.165) is 92.7 Å². The van der Waals surface area contributed by atoms with E-state index in [0.29, 0.717) is 5.56 Å². The minimum atomic E-state index is -0.341. The predicted molar refractivity (Wildman–Crippen MR) is 156 cm³/mol. The number of piperazine rings is 1. The second-order valence-corrected chi connectivity index (χ2v) is 10.7. The molecule has 41 heavy (non-hydrogen) atoms. The maximum atomic E-state index is 12.2. The van der Waals surface area contributed by atoms with Crippen molar-refractivity contribution in [1.82, 2.24) is 29.0 Å². The van der Waals surface area contributed by atoms with Crippen LogP contribution in [-0.2, 0) is 29.1 Å². The number of rotatable bonds is 8. The van der Waals surface area contributed by atoms with Crippen molar-refractivity contribution in [3.05, 3.63) is 83.9 Å². The zero-order valence-electron chi connectivity index (χ0n) is 23.1. The van der Waals surface area contributed by atoms with E-state index in [9.17, 15) is 4.79 Å². The highest BCUT2D eigenvalue weighted by molar-refractivity contribution is 5.93. The summed E-state index contributed by atoms with van der Waals surface area (Å²) in [6, 6.07) is 20.1. The van der Waals surface area contributed by atoms with E-state index >= 15 is 0 Å². The van der Waals surface area contributed by atoms with Crippen molar-refractivity contribution in [3.8, 4) is 0 Å². The van der Waals surface area contributed by atoms with Gasteiger partial charge in [-0.25, -0.2) is 19.7 Å². The molecule has 3 aromatic heterocycles. The van der Waals surface area contributed by atoms with Crippen molar-refractivity contribution < 1.29 is 14.3 Å². The van der Waals surface area contributed by atoms with E-state index in [1.807, 2.05) is 24.5 Å². The van der Waals surface area contributed by atoms with Crippen LogP contribution in [0.3, 0.4) is 0 Å². The zero-order valence-corrected chi connectivity index (χ0v) is 23.1. The van der Waals surface area contributed by atoms with Crippen LogP contribution in [0.5, 0.6) is 0 Å². The molecule has 5 heterocycles. The van der Waals surface area contributed by atoms with Gasteiger partial charge < -0.3 is 23.5 Å². The Balaban J connectivity index is 1.07. The number of anilines is 1. The Morgan fingerprint density at radius 2 is 1.78 bits per heavy atom. The van der Waals surface area contributed by atoms with E-state index in [2.05, 4.69) is 60.3 Å². The van der Waals surface area contributed by atoms with Gasteiger partial charge in [0.1, 0.15) is 17.2 Å². The van der Waals surface area contributed by atoms with Crippen molar-refractivity contribution in [1.29, 1.82) is 0 Å². The number of carbonyl (C=O) groups excluding carboxylic acids is 1. The quantitative estimate of drug-likeness (QED) is 0.270. The van der Waals surface area contributed by atoms with Gasteiger partial charge in [-0.2, -0.15) is 0 Å². The Morgan fingerprint density at radius 3 is 2.54 bits per heavy atom. The fourth-order valence-corrected chi connectivity index (χ4v) is 5.71. The number of hydrogen-bond acceptors (Lipinski definition) is 8. The second kappa shape index (κ2) is 10.9. The van der Waals surface area contributed by atoms with Gasteiger partial charge in [-0.1, -0.05) is 30.3 Å². The van der Waals surface area contributed by atoms with Crippen LogP contribution < -0.4 is 4.90 Å². The monoisotopic (exact) mass is 551 g/mol. The summed E-state index contributed by atoms with van der Waals surface area (Å²) < 4.78 is 15.0. The van der Waals surface area contributed by atoms with Gasteiger partial charge in [-0.15, -0.1) is 0 Å². The van der Waals surface area contributed by atoms with Crippen molar-refractivity contribution in [2.45, 2.75) is 32.2 Å². The number of ether oxygens (including phenoxy) is 2. The number of imidazole rings is 2. The summed E-state index contributed by atoms with van der Waals surface area (Å²) >= 11 is 0. The molecule has 0 amide bonds. The Kier molecular flexibility index (Phi) is 6.85. The van der Waals surface area contributed by atoms with Gasteiger partial charge in [-0.05, 0) is 42.3 Å². The number of methoxy groups -OCH3 is 1. The summed E-state index contributed by atoms with van der Waals surface area (Å²) in [4.78, 5) is 31.5. The van der Waals surface area contributed by atoms with Crippen LogP contribution in [0.4, 0.5) is 5.82 Å². The van der Waals surface area contributed by atoms with Crippen LogP contribution in [0.15, 0.2) is 67.0 Å². The average Bonchev–Trinajstić information content (AvgIpc) is 3.55. The first kappa shape index (κ1) is 25.7. The van der Waals surface area contributed by atoms with Crippen LogP contribution in [0.2, 0.25) is 0 Å². The van der Waals surface area contributed by atoms with E-state index in [4.69, 9.17) is 19.4 Å². The van der Waals surface area contributed by atoms with E-state index in [1.54, 1.807) is 6.07 Å². The molecular weight excluding hydrogens is 518 g/mol. The Labute approximate surface area is 238 Å². The lowest BCUT2D eigenvalue weighted by molar-refractivity contribution is -0.0592. The molecule has 0 N–H and O–H groups in total. The van der Waals surface area contributed by atoms with E-state index in [1.165, 1.54) is 12.7 Å². The molecule has 2 saturated heterocycles. The molecule has 0 aliphatic carbocycles. The highest BCUT2D eigenvalue weighted by Gasteiger charge is 2.25. The number of aromatic nitrogens is 5. The molecule has 2 aliphatic rings. The predicted octanol–water partition coefficient (Wildman–Crippen LogP) is 3.73. The summed E-state index contributed by atoms with van der Waals surface area (Å²) in [5.74, 6) is 1.64. The first-order valence-corrected chi connectivity index (χ1v) is 14.2. The number of fused-ring (bicyclic) bond motifs is 2. The fourth-order valence-electron chi connectivity index (χ4n) is 5.71. The summed E-state index contributed by atoms with van der Waals surface area (Å²) in [5.41, 5.74) is 5.41. The molecule has 10 nitrogen and oxygen atoms in total. The van der Waals surface area contributed by atoms with Crippen molar-refractivity contribution in [3.63, 3.8) is 0 Å². The second-order valence-electron chi connectivity index (χ2n) is 10.7. The van der Waals surface area contributed by atoms with Crippen LogP contribution in [0.1, 0.15) is 28.2 Å². The molecule has 2 aromatic carbocycles. The highest BCUT2D eigenvalue weighted by Crippen LogP contribution is 2.25. The van der Waals surface area contributed by atoms with Crippen LogP contribution in [0, 0.1) is 0 Å². The number of carbonyl (C=O) groups is 1. The Bertz CT molecular complexity index is 1680. The molecule has 0 saturated carbocycles. The van der Waals surface area contributed by atoms with Gasteiger partial charge in [0, 0.05) is 32.8 Å². The SMILES string of the molecule is COC(=O)c1ccc2nc(CN3CCN(c4ccc5ncn(Cc6ccccc6)c5n4)CC3)n(CC3CCO3)c2c1. The number of pyridine rings is 1. The topological polar surface area (TPSA) is 90.5 Å². The van der Waals surface area contributed by atoms with Crippen molar-refractivity contribution in [2.24, 2.45) is 0 Å². The molecule has 1 atom stereocenters. The number of hydrogen-bond donors (Lipinski definition) is 0. The minimum absolute atomic E-state index is 0.182. The third-order valence-electron chi connectivity index (χ3n) is 8.13. The number of nitrogens with zero attached hydrogens (tertiary/aromatic N) is 7. The summed E-state index contributed by atoms with van der Waals surface area (Å²) in [5, 5.41) is 0. The van der Waals surface area contributed by atoms with Crippen LogP contribution in [0.25, 0.3) is 22.2 Å². The molecule has 10 heteroatoms. The van der Waals surface area contributed by atoms with Crippen molar-refractivity contribution in [2.75, 3.05) is 44.8 Å². The number of esters is 1. The molecule has 7 rings (SSSR count). The van der Waals surface area contributed by atoms with Gasteiger partial charge in [0.15, 0.2) is 5.65 Å². The van der Waals surface area contributed by atoms with Gasteiger partial charge in [-0.3, -0.25) is 4.90 Å². The molecule has 0 bridgehead atoms. The largest absolute Gasteiger partial charge is 0.465 e. The molecule has 2 aliphatic heterocycles. The molecule has 0 spiro atoms. The summed E-state index contributed by atoms with van der Waals surface area (Å²) in [6.45, 7) is 6.58. The molecule has 0 radical (unpaired) electrons. The van der Waals surface area contributed by atoms with Gasteiger partial charge in [0.2, 0.25) is 0 Å². The zero-order chi connectivity index (χ0) is 27.8. The summed E-state index contributed by atoms with van der Waals surface area (Å²) in [6.07, 6.45) is 3.10. The first-order valence-electron chi connectivity index (χ1n) is 14.2. The lowest BCUT2D eigenvalue weighted by Gasteiger charge is -2.35. The van der Waals surface area contributed by atoms with E-state index in [-0.39, 0.29) is 12.1 Å². The molecule has 210 valence electrons. The maximum Gasteiger partial charge on any atom is 0.337 e. The highest BCUT2D eigenvalue weighted by atomic mass is 16.5. The standard InChI is InChI=1S/C31H33N7O3/c1-40-31(39)23-7-8-25-27(17-23)38(19-24-11-16-41-24)29(33-25)20-35-12-14-36(15-13-35)28-10-9-26-30(34-28)37(21-32-26)18-22-5-3-2-4-6-22/h2-10,17,21,24H,11-16,18-20H2,1H3. The molecular formula is C31H33N7O3. The van der Waals surface area contributed by atoms with Crippen molar-refractivity contribution >= 4 is 34.0 Å². The lowest BCUT2D eigenvalue weighted by Crippen LogP contribution is -2.46. The van der Waals surface area contributed by atoms with E-state index < -0.39 is 0 Å². The molecule has 1 unspecified atom stereocenters. The van der Waals surface area contributed by atoms with Gasteiger partial charge in [0.05, 0.1) is 55.8 Å². The van der Waals surface area contributed by atoms with Crippen LogP contribution >= 0.6 is 0 Å². The third kappa shape index (κ3) is 5.16. The smallest absolute Gasteiger partial charge is 0.337 e. The third-order valence-corrected chi connectivity index (χ3v) is 8.13. The normalized spacial score (nSPS) is 17.7. The summed E-state index contributed by atoms with van der Waals surface area (Å²) in [7, 11) is 1.41.